The Morgan fingerprint density at radius 1 is 1.40 bits per heavy atom. The number of esters is 1. The van der Waals surface area contributed by atoms with E-state index in [0.29, 0.717) is 0 Å². The SMILES string of the molecule is C[C@H]1C[C@@H](Nc2ccc(Br)cc2)C(=O)O1. The number of hydrogen-bond acceptors (Lipinski definition) is 3. The van der Waals surface area contributed by atoms with Crippen LogP contribution in [0, 0.1) is 0 Å². The molecular weight excluding hydrogens is 258 g/mol. The van der Waals surface area contributed by atoms with Crippen molar-refractivity contribution in [3.63, 3.8) is 0 Å². The number of hydrogen-bond donors (Lipinski definition) is 1. The van der Waals surface area contributed by atoms with Gasteiger partial charge in [0.2, 0.25) is 0 Å². The summed E-state index contributed by atoms with van der Waals surface area (Å²) in [6.07, 6.45) is 0.750. The van der Waals surface area contributed by atoms with Crippen LogP contribution in [0.5, 0.6) is 0 Å². The summed E-state index contributed by atoms with van der Waals surface area (Å²) in [4.78, 5) is 11.4. The highest BCUT2D eigenvalue weighted by Crippen LogP contribution is 2.20. The van der Waals surface area contributed by atoms with Crippen molar-refractivity contribution in [1.29, 1.82) is 0 Å². The second-order valence-electron chi connectivity index (χ2n) is 3.69. The molecule has 2 rings (SSSR count). The fraction of sp³-hybridized carbons (Fsp3) is 0.364. The van der Waals surface area contributed by atoms with Gasteiger partial charge in [-0.3, -0.25) is 0 Å². The zero-order valence-electron chi connectivity index (χ0n) is 8.37. The Balaban J connectivity index is 2.03. The minimum absolute atomic E-state index is 0.0189. The van der Waals surface area contributed by atoms with Crippen molar-refractivity contribution in [3.8, 4) is 0 Å². The number of nitrogens with one attached hydrogen (secondary N) is 1. The Morgan fingerprint density at radius 2 is 2.07 bits per heavy atom. The smallest absolute Gasteiger partial charge is 0.328 e. The van der Waals surface area contributed by atoms with Crippen molar-refractivity contribution in [2.24, 2.45) is 0 Å². The highest BCUT2D eigenvalue weighted by molar-refractivity contribution is 9.10. The van der Waals surface area contributed by atoms with Gasteiger partial charge in [0.25, 0.3) is 0 Å². The van der Waals surface area contributed by atoms with Gasteiger partial charge >= 0.3 is 5.97 Å². The van der Waals surface area contributed by atoms with E-state index in [9.17, 15) is 4.79 Å². The van der Waals surface area contributed by atoms with Crippen molar-refractivity contribution >= 4 is 27.6 Å². The van der Waals surface area contributed by atoms with Gasteiger partial charge in [0.1, 0.15) is 12.1 Å². The number of cyclic esters (lactones) is 1. The van der Waals surface area contributed by atoms with Crippen LogP contribution >= 0.6 is 15.9 Å². The summed E-state index contributed by atoms with van der Waals surface area (Å²) in [5.74, 6) is -0.162. The standard InChI is InChI=1S/C11H12BrNO2/c1-7-6-10(11(14)15-7)13-9-4-2-8(12)3-5-9/h2-5,7,10,13H,6H2,1H3/t7-,10+/m0/s1. The van der Waals surface area contributed by atoms with E-state index in [4.69, 9.17) is 4.74 Å². The summed E-state index contributed by atoms with van der Waals surface area (Å²) >= 11 is 3.36. The lowest BCUT2D eigenvalue weighted by Gasteiger charge is -2.09. The number of halogens is 1. The van der Waals surface area contributed by atoms with Gasteiger partial charge < -0.3 is 10.1 Å². The van der Waals surface area contributed by atoms with Gasteiger partial charge in [-0.2, -0.15) is 0 Å². The molecule has 1 aromatic carbocycles. The highest BCUT2D eigenvalue weighted by atomic mass is 79.9. The Kier molecular flexibility index (Phi) is 2.95. The van der Waals surface area contributed by atoms with Crippen LogP contribution in [-0.2, 0) is 9.53 Å². The van der Waals surface area contributed by atoms with Crippen molar-refractivity contribution in [1.82, 2.24) is 0 Å². The zero-order chi connectivity index (χ0) is 10.8. The van der Waals surface area contributed by atoms with E-state index in [1.165, 1.54) is 0 Å². The van der Waals surface area contributed by atoms with Crippen molar-refractivity contribution in [2.75, 3.05) is 5.32 Å². The van der Waals surface area contributed by atoms with Crippen LogP contribution in [0.1, 0.15) is 13.3 Å². The highest BCUT2D eigenvalue weighted by Gasteiger charge is 2.31. The van der Waals surface area contributed by atoms with Gasteiger partial charge in [0, 0.05) is 16.6 Å². The Labute approximate surface area is 96.9 Å². The Hall–Kier alpha value is -1.03. The third kappa shape index (κ3) is 2.50. The van der Waals surface area contributed by atoms with Crippen LogP contribution in [0.3, 0.4) is 0 Å². The molecule has 1 fully saturated rings. The largest absolute Gasteiger partial charge is 0.461 e. The minimum atomic E-state index is -0.207. The zero-order valence-corrected chi connectivity index (χ0v) is 9.95. The molecular formula is C11H12BrNO2. The number of ether oxygens (including phenoxy) is 1. The Bertz CT molecular complexity index is 363. The summed E-state index contributed by atoms with van der Waals surface area (Å²) < 4.78 is 6.08. The van der Waals surface area contributed by atoms with E-state index in [1.54, 1.807) is 0 Å². The second kappa shape index (κ2) is 4.23. The maximum absolute atomic E-state index is 11.4. The quantitative estimate of drug-likeness (QED) is 0.839. The van der Waals surface area contributed by atoms with Crippen LogP contribution < -0.4 is 5.32 Å². The van der Waals surface area contributed by atoms with Gasteiger partial charge in [-0.05, 0) is 31.2 Å². The second-order valence-corrected chi connectivity index (χ2v) is 4.60. The van der Waals surface area contributed by atoms with Crippen LogP contribution in [0.4, 0.5) is 5.69 Å². The van der Waals surface area contributed by atoms with E-state index >= 15 is 0 Å². The maximum Gasteiger partial charge on any atom is 0.328 e. The fourth-order valence-corrected chi connectivity index (χ4v) is 1.89. The van der Waals surface area contributed by atoms with Crippen LogP contribution in [0.2, 0.25) is 0 Å². The molecule has 0 unspecified atom stereocenters. The first-order valence-corrected chi connectivity index (χ1v) is 5.67. The van der Waals surface area contributed by atoms with E-state index in [0.717, 1.165) is 16.6 Å². The molecule has 1 aliphatic heterocycles. The molecule has 1 aliphatic rings. The molecule has 4 heteroatoms. The summed E-state index contributed by atoms with van der Waals surface area (Å²) in [5.41, 5.74) is 0.939. The molecule has 1 heterocycles. The number of rotatable bonds is 2. The van der Waals surface area contributed by atoms with Crippen LogP contribution in [-0.4, -0.2) is 18.1 Å². The predicted octanol–water partition coefficient (Wildman–Crippen LogP) is 2.57. The molecule has 0 radical (unpaired) electrons. The van der Waals surface area contributed by atoms with E-state index in [-0.39, 0.29) is 18.1 Å². The molecule has 0 aromatic heterocycles. The molecule has 1 aromatic rings. The minimum Gasteiger partial charge on any atom is -0.461 e. The topological polar surface area (TPSA) is 38.3 Å². The number of carbonyl (C=O) groups is 1. The summed E-state index contributed by atoms with van der Waals surface area (Å²) in [7, 11) is 0. The molecule has 2 atom stereocenters. The lowest BCUT2D eigenvalue weighted by molar-refractivity contribution is -0.141. The summed E-state index contributed by atoms with van der Waals surface area (Å²) in [6.45, 7) is 1.90. The predicted molar refractivity (Wildman–Crippen MR) is 61.7 cm³/mol. The molecule has 15 heavy (non-hydrogen) atoms. The van der Waals surface area contributed by atoms with E-state index in [2.05, 4.69) is 21.2 Å². The Morgan fingerprint density at radius 3 is 2.60 bits per heavy atom. The molecule has 80 valence electrons. The fourth-order valence-electron chi connectivity index (χ4n) is 1.62. The van der Waals surface area contributed by atoms with Gasteiger partial charge in [0.15, 0.2) is 0 Å². The monoisotopic (exact) mass is 269 g/mol. The lowest BCUT2D eigenvalue weighted by atomic mass is 10.2. The molecule has 0 aliphatic carbocycles. The molecule has 3 nitrogen and oxygen atoms in total. The molecule has 1 N–H and O–H groups in total. The van der Waals surface area contributed by atoms with Crippen LogP contribution in [0.15, 0.2) is 28.7 Å². The molecule has 0 spiro atoms. The number of benzene rings is 1. The van der Waals surface area contributed by atoms with Crippen molar-refractivity contribution in [2.45, 2.75) is 25.5 Å². The van der Waals surface area contributed by atoms with Gasteiger partial charge in [0.05, 0.1) is 0 Å². The van der Waals surface area contributed by atoms with Crippen LogP contribution in [0.25, 0.3) is 0 Å². The third-order valence-corrected chi connectivity index (χ3v) is 2.88. The van der Waals surface area contributed by atoms with Gasteiger partial charge in [-0.1, -0.05) is 15.9 Å². The number of anilines is 1. The van der Waals surface area contributed by atoms with Crippen molar-refractivity contribution < 1.29 is 9.53 Å². The molecule has 0 amide bonds. The van der Waals surface area contributed by atoms with E-state index < -0.39 is 0 Å². The van der Waals surface area contributed by atoms with E-state index in [1.807, 2.05) is 31.2 Å². The summed E-state index contributed by atoms with van der Waals surface area (Å²) in [5, 5.41) is 3.15. The lowest BCUT2D eigenvalue weighted by Crippen LogP contribution is -2.24. The molecule has 0 bridgehead atoms. The van der Waals surface area contributed by atoms with Gasteiger partial charge in [-0.25, -0.2) is 4.79 Å². The average Bonchev–Trinajstić information content (AvgIpc) is 2.49. The first-order valence-electron chi connectivity index (χ1n) is 4.88. The third-order valence-electron chi connectivity index (χ3n) is 2.35. The first-order chi connectivity index (χ1) is 7.15. The molecule has 1 saturated heterocycles. The summed E-state index contributed by atoms with van der Waals surface area (Å²) in [6, 6.07) is 7.53. The average molecular weight is 270 g/mol. The normalized spacial score (nSPS) is 25.1. The number of carbonyl (C=O) groups excluding carboxylic acids is 1. The maximum atomic E-state index is 11.4. The first kappa shape index (κ1) is 10.5. The van der Waals surface area contributed by atoms with Crippen molar-refractivity contribution in [3.05, 3.63) is 28.7 Å². The van der Waals surface area contributed by atoms with Gasteiger partial charge in [-0.15, -0.1) is 0 Å². The molecule has 0 saturated carbocycles.